The van der Waals surface area contributed by atoms with Crippen LogP contribution in [-0.2, 0) is 6.54 Å². The van der Waals surface area contributed by atoms with Gasteiger partial charge in [0.1, 0.15) is 5.82 Å². The highest BCUT2D eigenvalue weighted by Gasteiger charge is 2.69. The zero-order valence-electron chi connectivity index (χ0n) is 22.2. The van der Waals surface area contributed by atoms with Crippen LogP contribution in [0, 0.1) is 5.41 Å². The number of hydrogen-bond acceptors (Lipinski definition) is 6. The van der Waals surface area contributed by atoms with E-state index in [-0.39, 0.29) is 11.7 Å². The Morgan fingerprint density at radius 1 is 1.08 bits per heavy atom. The van der Waals surface area contributed by atoms with Crippen molar-refractivity contribution in [1.29, 1.82) is 0 Å². The van der Waals surface area contributed by atoms with Gasteiger partial charge in [-0.05, 0) is 50.6 Å². The summed E-state index contributed by atoms with van der Waals surface area (Å²) in [5.74, 6) is 0.294. The van der Waals surface area contributed by atoms with Crippen LogP contribution in [0.1, 0.15) is 70.5 Å². The first kappa shape index (κ1) is 26.3. The first-order chi connectivity index (χ1) is 17.5. The van der Waals surface area contributed by atoms with Gasteiger partial charge in [-0.3, -0.25) is 4.90 Å². The summed E-state index contributed by atoms with van der Waals surface area (Å²) in [4.78, 5) is 13.8. The average molecular weight is 521 g/mol. The maximum Gasteiger partial charge on any atom is 0.573 e. The number of alkyl halides is 3. The van der Waals surface area contributed by atoms with Gasteiger partial charge in [-0.25, -0.2) is 9.97 Å². The molecule has 6 rings (SSSR count). The van der Waals surface area contributed by atoms with E-state index in [0.29, 0.717) is 22.2 Å². The molecular formula is C27H39F3N6O. The summed E-state index contributed by atoms with van der Waals surface area (Å²) >= 11 is 0. The summed E-state index contributed by atoms with van der Waals surface area (Å²) in [5, 5.41) is 0. The normalized spacial score (nSPS) is 26.2. The molecule has 7 nitrogen and oxygen atoms in total. The Hall–Kier alpha value is -2.33. The first-order valence-electron chi connectivity index (χ1n) is 13.5. The van der Waals surface area contributed by atoms with E-state index in [1.165, 1.54) is 77.0 Å². The van der Waals surface area contributed by atoms with Gasteiger partial charge in [0.05, 0.1) is 5.69 Å². The van der Waals surface area contributed by atoms with Gasteiger partial charge in [-0.2, -0.15) is 0 Å². The highest BCUT2D eigenvalue weighted by Crippen LogP contribution is 2.71. The van der Waals surface area contributed by atoms with E-state index in [4.69, 9.17) is 10.7 Å². The summed E-state index contributed by atoms with van der Waals surface area (Å²) in [6, 6.07) is 1.26. The van der Waals surface area contributed by atoms with Crippen molar-refractivity contribution in [1.82, 2.24) is 24.3 Å². The molecule has 4 fully saturated rings. The fourth-order valence-corrected chi connectivity index (χ4v) is 6.79. The van der Waals surface area contributed by atoms with Gasteiger partial charge in [0.15, 0.2) is 11.6 Å². The van der Waals surface area contributed by atoms with Crippen LogP contribution in [0.25, 0.3) is 11.3 Å². The highest BCUT2D eigenvalue weighted by atomic mass is 19.4. The molecular weight excluding hydrogens is 481 g/mol. The summed E-state index contributed by atoms with van der Waals surface area (Å²) in [5.41, 5.74) is 7.74. The molecule has 0 unspecified atom stereocenters. The second-order valence-electron chi connectivity index (χ2n) is 11.8. The molecule has 2 N–H and O–H groups in total. The SMILES string of the molecule is CC(C)c1nc(-c2cnc(N)c(OC(F)(F)F)c2)cn1CCCCCC12CC(N3CCN(C)CC3)(C1)C2. The second kappa shape index (κ2) is 9.76. The van der Waals surface area contributed by atoms with Crippen molar-refractivity contribution >= 4 is 5.82 Å². The molecule has 0 aromatic carbocycles. The van der Waals surface area contributed by atoms with Gasteiger partial charge < -0.3 is 19.9 Å². The van der Waals surface area contributed by atoms with Crippen LogP contribution in [0.4, 0.5) is 19.0 Å². The molecule has 0 amide bonds. The van der Waals surface area contributed by atoms with Crippen molar-refractivity contribution in [3.8, 4) is 17.0 Å². The lowest BCUT2D eigenvalue weighted by Gasteiger charge is -2.75. The van der Waals surface area contributed by atoms with Crippen molar-refractivity contribution in [2.24, 2.45) is 5.41 Å². The minimum Gasteiger partial charge on any atom is -0.402 e. The average Bonchev–Trinajstić information content (AvgIpc) is 3.20. The number of hydrogen-bond donors (Lipinski definition) is 1. The van der Waals surface area contributed by atoms with E-state index in [1.54, 1.807) is 0 Å². The molecule has 1 aliphatic heterocycles. The Morgan fingerprint density at radius 2 is 1.78 bits per heavy atom. The first-order valence-corrected chi connectivity index (χ1v) is 13.5. The van der Waals surface area contributed by atoms with Gasteiger partial charge in [0, 0.05) is 62.1 Å². The standard InChI is InChI=1S/C27H39F3N6O/c1-19(2)24-33-21(20-13-22(23(31)32-14-20)37-27(28,29)30)15-35(24)8-6-4-5-7-25-16-26(17-25,18-25)36-11-9-34(3)10-12-36/h13-15,19H,4-12,16-18H2,1-3H3,(H2,31,32). The van der Waals surface area contributed by atoms with Gasteiger partial charge in [0.25, 0.3) is 0 Å². The third-order valence-corrected chi connectivity index (χ3v) is 8.62. The molecule has 0 atom stereocenters. The van der Waals surface area contributed by atoms with Crippen molar-refractivity contribution in [3.63, 3.8) is 0 Å². The van der Waals surface area contributed by atoms with E-state index in [2.05, 4.69) is 45.0 Å². The predicted molar refractivity (Wildman–Crippen MR) is 137 cm³/mol. The monoisotopic (exact) mass is 520 g/mol. The maximum absolute atomic E-state index is 12.7. The lowest BCUT2D eigenvalue weighted by atomic mass is 9.37. The highest BCUT2D eigenvalue weighted by molar-refractivity contribution is 5.63. The lowest BCUT2D eigenvalue weighted by molar-refractivity contribution is -0.274. The predicted octanol–water partition coefficient (Wildman–Crippen LogP) is 5.28. The van der Waals surface area contributed by atoms with Crippen LogP contribution in [0.2, 0.25) is 0 Å². The van der Waals surface area contributed by atoms with Crippen LogP contribution >= 0.6 is 0 Å². The van der Waals surface area contributed by atoms with Crippen molar-refractivity contribution in [2.75, 3.05) is 39.0 Å². The number of likely N-dealkylation sites (N-methyl/N-ethyl adjacent to an activating group) is 1. The number of ether oxygens (including phenoxy) is 1. The number of imidazole rings is 1. The Kier molecular flexibility index (Phi) is 6.94. The minimum atomic E-state index is -4.83. The van der Waals surface area contributed by atoms with Gasteiger partial charge in [0.2, 0.25) is 0 Å². The smallest absolute Gasteiger partial charge is 0.402 e. The number of halogens is 3. The Bertz CT molecular complexity index is 1090. The molecule has 37 heavy (non-hydrogen) atoms. The lowest BCUT2D eigenvalue weighted by Crippen LogP contribution is -2.76. The molecule has 3 saturated carbocycles. The third kappa shape index (κ3) is 5.46. The minimum absolute atomic E-state index is 0.188. The van der Waals surface area contributed by atoms with Gasteiger partial charge >= 0.3 is 6.36 Å². The number of nitrogens with two attached hydrogens (primary N) is 1. The summed E-state index contributed by atoms with van der Waals surface area (Å²) < 4.78 is 44.3. The summed E-state index contributed by atoms with van der Waals surface area (Å²) in [7, 11) is 2.22. The van der Waals surface area contributed by atoms with Crippen molar-refractivity contribution in [3.05, 3.63) is 24.3 Å². The zero-order valence-corrected chi connectivity index (χ0v) is 22.2. The molecule has 0 radical (unpaired) electrons. The van der Waals surface area contributed by atoms with E-state index in [9.17, 15) is 13.2 Å². The largest absolute Gasteiger partial charge is 0.573 e. The maximum atomic E-state index is 12.7. The summed E-state index contributed by atoms with van der Waals surface area (Å²) in [6.07, 6.45) is 7.48. The topological polar surface area (TPSA) is 72.4 Å². The number of piperazine rings is 1. The number of nitrogens with zero attached hydrogens (tertiary/aromatic N) is 5. The quantitative estimate of drug-likeness (QED) is 0.430. The molecule has 2 aromatic rings. The Labute approximate surface area is 217 Å². The van der Waals surface area contributed by atoms with Crippen LogP contribution in [0.3, 0.4) is 0 Å². The van der Waals surface area contributed by atoms with Crippen LogP contribution in [0.5, 0.6) is 5.75 Å². The summed E-state index contributed by atoms with van der Waals surface area (Å²) in [6.45, 7) is 9.82. The molecule has 3 heterocycles. The number of unbranched alkanes of at least 4 members (excludes halogenated alkanes) is 2. The van der Waals surface area contributed by atoms with E-state index in [1.807, 2.05) is 6.20 Å². The number of anilines is 1. The number of nitrogen functional groups attached to an aromatic ring is 1. The van der Waals surface area contributed by atoms with Crippen LogP contribution in [0.15, 0.2) is 18.5 Å². The second-order valence-corrected chi connectivity index (χ2v) is 11.8. The van der Waals surface area contributed by atoms with E-state index in [0.717, 1.165) is 18.8 Å². The molecule has 3 aliphatic carbocycles. The number of rotatable bonds is 10. The van der Waals surface area contributed by atoms with Crippen LogP contribution in [-0.4, -0.2) is 69.5 Å². The third-order valence-electron chi connectivity index (χ3n) is 8.62. The number of aromatic nitrogens is 3. The van der Waals surface area contributed by atoms with Crippen molar-refractivity contribution < 1.29 is 17.9 Å². The fourth-order valence-electron chi connectivity index (χ4n) is 6.79. The van der Waals surface area contributed by atoms with Gasteiger partial charge in [-0.15, -0.1) is 13.2 Å². The van der Waals surface area contributed by atoms with E-state index < -0.39 is 12.1 Å². The van der Waals surface area contributed by atoms with Crippen LogP contribution < -0.4 is 10.5 Å². The zero-order chi connectivity index (χ0) is 26.4. The molecule has 10 heteroatoms. The Morgan fingerprint density at radius 3 is 2.43 bits per heavy atom. The molecule has 2 aromatic heterocycles. The Balaban J connectivity index is 1.12. The number of aryl methyl sites for hydroxylation is 1. The van der Waals surface area contributed by atoms with Gasteiger partial charge in [-0.1, -0.05) is 26.7 Å². The number of pyridine rings is 1. The van der Waals surface area contributed by atoms with Crippen molar-refractivity contribution in [2.45, 2.75) is 83.2 Å². The molecule has 4 aliphatic rings. The molecule has 1 saturated heterocycles. The molecule has 204 valence electrons. The molecule has 2 bridgehead atoms. The van der Waals surface area contributed by atoms with E-state index >= 15 is 0 Å². The fraction of sp³-hybridized carbons (Fsp3) is 0.704. The molecule has 0 spiro atoms.